The van der Waals surface area contributed by atoms with E-state index in [2.05, 4.69) is 26.6 Å². The van der Waals surface area contributed by atoms with Crippen LogP contribution in [0.25, 0.3) is 0 Å². The topological polar surface area (TPSA) is 169 Å². The largest absolute Gasteiger partial charge is 0.392 e. The molecule has 0 aromatic heterocycles. The van der Waals surface area contributed by atoms with Crippen LogP contribution in [0, 0.1) is 5.92 Å². The van der Waals surface area contributed by atoms with E-state index in [9.17, 15) is 29.1 Å². The van der Waals surface area contributed by atoms with Crippen molar-refractivity contribution in [3.05, 3.63) is 0 Å². The molecule has 0 aromatic rings. The summed E-state index contributed by atoms with van der Waals surface area (Å²) in [5.41, 5.74) is 0. The molecule has 12 nitrogen and oxygen atoms in total. The number of β-amino-alcohol motifs (C(OH)–C–C–N with tert-alkyl or cyclic N) is 1. The van der Waals surface area contributed by atoms with Crippen LogP contribution < -0.4 is 26.6 Å². The van der Waals surface area contributed by atoms with E-state index >= 15 is 0 Å². The molecule has 31 heavy (non-hydrogen) atoms. The highest BCUT2D eigenvalue weighted by atomic mass is 16.3. The number of Topliss-reactive ketones (excluding diaryl/α,β-unsaturated/α-hetero) is 1. The molecule has 2 saturated heterocycles. The highest BCUT2D eigenvalue weighted by Gasteiger charge is 2.35. The number of aliphatic hydroxyl groups is 1. The predicted molar refractivity (Wildman–Crippen MR) is 110 cm³/mol. The Hall–Kier alpha value is -2.73. The fourth-order valence-electron chi connectivity index (χ4n) is 3.55. The number of ketones is 1. The summed E-state index contributed by atoms with van der Waals surface area (Å²) in [6.07, 6.45) is -0.0870. The number of hydrogen-bond donors (Lipinski definition) is 6. The lowest BCUT2D eigenvalue weighted by molar-refractivity contribution is -0.140. The van der Waals surface area contributed by atoms with E-state index < -0.39 is 47.7 Å². The first-order valence-corrected chi connectivity index (χ1v) is 10.4. The maximum absolute atomic E-state index is 13.0. The molecule has 0 spiro atoms. The third kappa shape index (κ3) is 6.89. The van der Waals surface area contributed by atoms with Crippen molar-refractivity contribution in [2.45, 2.75) is 50.9 Å². The maximum Gasteiger partial charge on any atom is 0.317 e. The third-order valence-electron chi connectivity index (χ3n) is 5.20. The Labute approximate surface area is 180 Å². The van der Waals surface area contributed by atoms with Crippen LogP contribution in [0.4, 0.5) is 4.79 Å². The van der Waals surface area contributed by atoms with Gasteiger partial charge in [-0.2, -0.15) is 0 Å². The van der Waals surface area contributed by atoms with Crippen LogP contribution >= 0.6 is 0 Å². The van der Waals surface area contributed by atoms with Crippen LogP contribution in [0.3, 0.4) is 0 Å². The summed E-state index contributed by atoms with van der Waals surface area (Å²) >= 11 is 0. The summed E-state index contributed by atoms with van der Waals surface area (Å²) in [4.78, 5) is 63.1. The average molecular weight is 441 g/mol. The molecule has 0 aromatic carbocycles. The SMILES string of the molecule is CNC(=O)C(=O)C(CN1CCNC1=O)NC(=O)C(CC(C)C)NC(=O)[C@H]1C[C@H](O)CN1. The first-order chi connectivity index (χ1) is 14.6. The second-order valence-corrected chi connectivity index (χ2v) is 8.22. The first kappa shape index (κ1) is 24.5. The molecule has 4 atom stereocenters. The number of aliphatic hydroxyl groups excluding tert-OH is 1. The molecule has 174 valence electrons. The molecule has 0 saturated carbocycles. The van der Waals surface area contributed by atoms with Crippen molar-refractivity contribution in [1.82, 2.24) is 31.5 Å². The zero-order chi connectivity index (χ0) is 23.1. The van der Waals surface area contributed by atoms with Crippen molar-refractivity contribution in [2.24, 2.45) is 5.92 Å². The minimum Gasteiger partial charge on any atom is -0.392 e. The van der Waals surface area contributed by atoms with Crippen LogP contribution in [0.15, 0.2) is 0 Å². The van der Waals surface area contributed by atoms with E-state index in [1.807, 2.05) is 13.8 Å². The minimum atomic E-state index is -1.26. The van der Waals surface area contributed by atoms with Crippen molar-refractivity contribution in [3.63, 3.8) is 0 Å². The van der Waals surface area contributed by atoms with Crippen molar-refractivity contribution in [2.75, 3.05) is 33.2 Å². The monoisotopic (exact) mass is 440 g/mol. The van der Waals surface area contributed by atoms with Gasteiger partial charge in [0.25, 0.3) is 5.91 Å². The number of nitrogens with zero attached hydrogens (tertiary/aromatic N) is 1. The first-order valence-electron chi connectivity index (χ1n) is 10.4. The summed E-state index contributed by atoms with van der Waals surface area (Å²) in [6, 6.07) is -3.20. The second kappa shape index (κ2) is 11.0. The molecule has 6 N–H and O–H groups in total. The van der Waals surface area contributed by atoms with Gasteiger partial charge in [0, 0.05) is 26.7 Å². The van der Waals surface area contributed by atoms with Gasteiger partial charge in [-0.05, 0) is 18.8 Å². The van der Waals surface area contributed by atoms with Crippen LogP contribution in [-0.4, -0.2) is 97.0 Å². The quantitative estimate of drug-likeness (QED) is 0.198. The number of nitrogens with one attached hydrogen (secondary N) is 5. The summed E-state index contributed by atoms with van der Waals surface area (Å²) in [6.45, 7) is 4.63. The van der Waals surface area contributed by atoms with Gasteiger partial charge in [-0.25, -0.2) is 4.79 Å². The summed E-state index contributed by atoms with van der Waals surface area (Å²) in [5.74, 6) is -2.77. The van der Waals surface area contributed by atoms with Gasteiger partial charge in [0.05, 0.1) is 18.7 Å². The lowest BCUT2D eigenvalue weighted by Gasteiger charge is -2.26. The molecule has 2 rings (SSSR count). The zero-order valence-electron chi connectivity index (χ0n) is 18.1. The average Bonchev–Trinajstić information content (AvgIpc) is 3.33. The summed E-state index contributed by atoms with van der Waals surface area (Å²) < 4.78 is 0. The highest BCUT2D eigenvalue weighted by molar-refractivity contribution is 6.38. The third-order valence-corrected chi connectivity index (χ3v) is 5.20. The minimum absolute atomic E-state index is 0.0515. The van der Waals surface area contributed by atoms with Crippen LogP contribution in [0.5, 0.6) is 0 Å². The van der Waals surface area contributed by atoms with Gasteiger partial charge in [-0.1, -0.05) is 13.8 Å². The number of carbonyl (C=O) groups excluding carboxylic acids is 5. The Bertz CT molecular complexity index is 714. The fourth-order valence-corrected chi connectivity index (χ4v) is 3.55. The number of carbonyl (C=O) groups is 5. The Morgan fingerprint density at radius 3 is 2.42 bits per heavy atom. The van der Waals surface area contributed by atoms with Gasteiger partial charge in [-0.3, -0.25) is 19.2 Å². The molecule has 2 aliphatic rings. The molecule has 0 bridgehead atoms. The predicted octanol–water partition coefficient (Wildman–Crippen LogP) is -2.93. The Morgan fingerprint density at radius 2 is 1.90 bits per heavy atom. The standard InChI is InChI=1S/C19H32N6O6/c1-10(2)6-13(23-16(28)12-7-11(26)8-22-12)17(29)24-14(15(27)18(30)20-3)9-25-5-4-21-19(25)31/h10-14,22,26H,4-9H2,1-3H3,(H,20,30)(H,21,31)(H,23,28)(H,24,29)/t11-,12+,13?,14?/m0/s1. The summed E-state index contributed by atoms with van der Waals surface area (Å²) in [7, 11) is 1.30. The fraction of sp³-hybridized carbons (Fsp3) is 0.737. The van der Waals surface area contributed by atoms with E-state index in [-0.39, 0.29) is 24.9 Å². The smallest absolute Gasteiger partial charge is 0.317 e. The summed E-state index contributed by atoms with van der Waals surface area (Å²) in [5, 5.41) is 22.5. The number of urea groups is 1. The van der Waals surface area contributed by atoms with Gasteiger partial charge >= 0.3 is 6.03 Å². The Morgan fingerprint density at radius 1 is 1.19 bits per heavy atom. The van der Waals surface area contributed by atoms with Crippen LogP contribution in [-0.2, 0) is 19.2 Å². The van der Waals surface area contributed by atoms with Crippen LogP contribution in [0.1, 0.15) is 26.7 Å². The van der Waals surface area contributed by atoms with Gasteiger partial charge in [-0.15, -0.1) is 0 Å². The van der Waals surface area contributed by atoms with E-state index in [4.69, 9.17) is 0 Å². The number of rotatable bonds is 10. The molecule has 12 heteroatoms. The van der Waals surface area contributed by atoms with E-state index in [1.54, 1.807) is 0 Å². The molecule has 2 aliphatic heterocycles. The van der Waals surface area contributed by atoms with Gasteiger partial charge < -0.3 is 36.6 Å². The Balaban J connectivity index is 2.11. The van der Waals surface area contributed by atoms with Crippen molar-refractivity contribution in [1.29, 1.82) is 0 Å². The molecule has 2 unspecified atom stereocenters. The van der Waals surface area contributed by atoms with Crippen molar-refractivity contribution in [3.8, 4) is 0 Å². The molecular formula is C19H32N6O6. The molecule has 0 aliphatic carbocycles. The van der Waals surface area contributed by atoms with E-state index in [1.165, 1.54) is 11.9 Å². The zero-order valence-corrected chi connectivity index (χ0v) is 18.1. The lowest BCUT2D eigenvalue weighted by Crippen LogP contribution is -2.58. The van der Waals surface area contributed by atoms with E-state index in [0.717, 1.165) is 0 Å². The second-order valence-electron chi connectivity index (χ2n) is 8.22. The van der Waals surface area contributed by atoms with Crippen molar-refractivity contribution < 1.29 is 29.1 Å². The van der Waals surface area contributed by atoms with Crippen LogP contribution in [0.2, 0.25) is 0 Å². The molecular weight excluding hydrogens is 408 g/mol. The normalized spacial score (nSPS) is 22.6. The Kier molecular flexibility index (Phi) is 8.75. The molecule has 5 amide bonds. The molecule has 2 heterocycles. The maximum atomic E-state index is 13.0. The van der Waals surface area contributed by atoms with Gasteiger partial charge in [0.2, 0.25) is 17.6 Å². The number of likely N-dealkylation sites (N-methyl/N-ethyl adjacent to an activating group) is 1. The molecule has 2 fully saturated rings. The highest BCUT2D eigenvalue weighted by Crippen LogP contribution is 2.10. The molecule has 0 radical (unpaired) electrons. The number of amides is 5. The van der Waals surface area contributed by atoms with E-state index in [0.29, 0.717) is 26.1 Å². The lowest BCUT2D eigenvalue weighted by atomic mass is 10.0. The van der Waals surface area contributed by atoms with Gasteiger partial charge in [0.1, 0.15) is 12.1 Å². The van der Waals surface area contributed by atoms with Gasteiger partial charge in [0.15, 0.2) is 0 Å². The number of hydrogen-bond acceptors (Lipinski definition) is 7. The van der Waals surface area contributed by atoms with Crippen molar-refractivity contribution >= 4 is 29.5 Å².